The third-order valence-electron chi connectivity index (χ3n) is 5.13. The number of likely N-dealkylation sites (tertiary alicyclic amines) is 1. The number of nitrogens with zero attached hydrogens (tertiary/aromatic N) is 4. The van der Waals surface area contributed by atoms with E-state index in [1.807, 2.05) is 59.0 Å². The molecule has 4 rings (SSSR count). The van der Waals surface area contributed by atoms with Crippen LogP contribution in [-0.2, 0) is 7.05 Å². The van der Waals surface area contributed by atoms with Gasteiger partial charge in [0.2, 0.25) is 0 Å². The highest BCUT2D eigenvalue weighted by atomic mass is 16.2. The highest BCUT2D eigenvalue weighted by Crippen LogP contribution is 2.27. The van der Waals surface area contributed by atoms with Gasteiger partial charge in [-0.1, -0.05) is 42.5 Å². The summed E-state index contributed by atoms with van der Waals surface area (Å²) in [7, 11) is 1.97. The summed E-state index contributed by atoms with van der Waals surface area (Å²) in [6.45, 7) is 1.52. The van der Waals surface area contributed by atoms with Crippen molar-refractivity contribution in [1.82, 2.24) is 19.7 Å². The van der Waals surface area contributed by atoms with Crippen molar-refractivity contribution in [2.45, 2.75) is 18.8 Å². The Bertz CT molecular complexity index is 878. The minimum Gasteiger partial charge on any atom is -0.339 e. The van der Waals surface area contributed by atoms with E-state index in [-0.39, 0.29) is 5.91 Å². The van der Waals surface area contributed by atoms with E-state index >= 15 is 0 Å². The number of hydrogen-bond acceptors (Lipinski definition) is 3. The van der Waals surface area contributed by atoms with E-state index in [0.29, 0.717) is 5.92 Å². The number of hydrogen-bond donors (Lipinski definition) is 0. The minimum absolute atomic E-state index is 0.112. The van der Waals surface area contributed by atoms with E-state index in [0.717, 1.165) is 48.4 Å². The van der Waals surface area contributed by atoms with E-state index in [4.69, 9.17) is 0 Å². The summed E-state index contributed by atoms with van der Waals surface area (Å²) >= 11 is 0. The van der Waals surface area contributed by atoms with Crippen LogP contribution in [0.15, 0.2) is 60.9 Å². The molecule has 0 spiro atoms. The molecular formula is C21H22N4O. The third-order valence-corrected chi connectivity index (χ3v) is 5.13. The van der Waals surface area contributed by atoms with Gasteiger partial charge in [-0.05, 0) is 36.1 Å². The summed E-state index contributed by atoms with van der Waals surface area (Å²) in [4.78, 5) is 14.7. The molecule has 0 saturated carbocycles. The molecule has 1 saturated heterocycles. The van der Waals surface area contributed by atoms with Gasteiger partial charge in [0.1, 0.15) is 12.2 Å². The van der Waals surface area contributed by atoms with Crippen molar-refractivity contribution < 1.29 is 4.79 Å². The molecule has 1 amide bonds. The van der Waals surface area contributed by atoms with Crippen LogP contribution in [0.1, 0.15) is 34.9 Å². The van der Waals surface area contributed by atoms with E-state index < -0.39 is 0 Å². The zero-order valence-electron chi connectivity index (χ0n) is 14.9. The molecule has 2 aromatic carbocycles. The largest absolute Gasteiger partial charge is 0.339 e. The summed E-state index contributed by atoms with van der Waals surface area (Å²) in [5, 5.41) is 8.18. The lowest BCUT2D eigenvalue weighted by molar-refractivity contribution is 0.0710. The van der Waals surface area contributed by atoms with Crippen LogP contribution in [0.4, 0.5) is 0 Å². The van der Waals surface area contributed by atoms with Crippen LogP contribution in [0, 0.1) is 0 Å². The summed E-state index contributed by atoms with van der Waals surface area (Å²) in [6, 6.07) is 18.1. The fraction of sp³-hybridized carbons (Fsp3) is 0.286. The lowest BCUT2D eigenvalue weighted by Crippen LogP contribution is -2.38. The Morgan fingerprint density at radius 3 is 2.23 bits per heavy atom. The first-order valence-electron chi connectivity index (χ1n) is 9.01. The zero-order chi connectivity index (χ0) is 17.9. The minimum atomic E-state index is 0.112. The van der Waals surface area contributed by atoms with Crippen LogP contribution < -0.4 is 0 Å². The first-order valence-corrected chi connectivity index (χ1v) is 9.01. The second-order valence-electron chi connectivity index (χ2n) is 6.81. The van der Waals surface area contributed by atoms with Crippen LogP contribution in [0.3, 0.4) is 0 Å². The van der Waals surface area contributed by atoms with Crippen molar-refractivity contribution in [3.05, 3.63) is 72.3 Å². The molecule has 0 bridgehead atoms. The Kier molecular flexibility index (Phi) is 4.52. The van der Waals surface area contributed by atoms with Gasteiger partial charge in [0.25, 0.3) is 5.91 Å². The summed E-state index contributed by atoms with van der Waals surface area (Å²) in [5.41, 5.74) is 3.04. The molecule has 3 aromatic rings. The third kappa shape index (κ3) is 3.25. The first-order chi connectivity index (χ1) is 12.7. The Morgan fingerprint density at radius 2 is 1.62 bits per heavy atom. The quantitative estimate of drug-likeness (QED) is 0.729. The van der Waals surface area contributed by atoms with Gasteiger partial charge in [0.15, 0.2) is 0 Å². The Morgan fingerprint density at radius 1 is 0.962 bits per heavy atom. The number of amides is 1. The Hall–Kier alpha value is -2.95. The zero-order valence-corrected chi connectivity index (χ0v) is 14.9. The topological polar surface area (TPSA) is 51.0 Å². The van der Waals surface area contributed by atoms with Gasteiger partial charge < -0.3 is 9.47 Å². The van der Waals surface area contributed by atoms with Crippen LogP contribution in [0.5, 0.6) is 0 Å². The molecule has 5 nitrogen and oxygen atoms in total. The fourth-order valence-corrected chi connectivity index (χ4v) is 3.62. The molecule has 1 aromatic heterocycles. The molecule has 0 radical (unpaired) electrons. The lowest BCUT2D eigenvalue weighted by atomic mass is 9.95. The predicted molar refractivity (Wildman–Crippen MR) is 101 cm³/mol. The van der Waals surface area contributed by atoms with Crippen molar-refractivity contribution in [3.8, 4) is 11.1 Å². The second-order valence-corrected chi connectivity index (χ2v) is 6.81. The SMILES string of the molecule is Cn1cnnc1C1CCN(C(=O)c2ccc(-c3ccccc3)cc2)CC1. The second kappa shape index (κ2) is 7.12. The molecule has 1 aliphatic heterocycles. The number of carbonyl (C=O) groups is 1. The summed E-state index contributed by atoms with van der Waals surface area (Å²) in [6.07, 6.45) is 3.60. The number of carbonyl (C=O) groups excluding carboxylic acids is 1. The van der Waals surface area contributed by atoms with Crippen molar-refractivity contribution in [1.29, 1.82) is 0 Å². The van der Waals surface area contributed by atoms with E-state index in [1.54, 1.807) is 6.33 Å². The first kappa shape index (κ1) is 16.5. The maximum Gasteiger partial charge on any atom is 0.253 e. The molecule has 2 heterocycles. The molecule has 132 valence electrons. The summed E-state index contributed by atoms with van der Waals surface area (Å²) < 4.78 is 1.98. The van der Waals surface area contributed by atoms with Crippen LogP contribution in [0.25, 0.3) is 11.1 Å². The highest BCUT2D eigenvalue weighted by molar-refractivity contribution is 5.94. The predicted octanol–water partition coefficient (Wildman–Crippen LogP) is 3.50. The molecular weight excluding hydrogens is 324 g/mol. The standard InChI is InChI=1S/C21H22N4O/c1-24-15-22-23-20(24)18-11-13-25(14-12-18)21(26)19-9-7-17(8-10-19)16-5-3-2-4-6-16/h2-10,15,18H,11-14H2,1H3. The maximum atomic E-state index is 12.8. The lowest BCUT2D eigenvalue weighted by Gasteiger charge is -2.31. The molecule has 5 heteroatoms. The van der Waals surface area contributed by atoms with E-state index in [1.165, 1.54) is 0 Å². The molecule has 0 atom stereocenters. The van der Waals surface area contributed by atoms with Gasteiger partial charge in [0.05, 0.1) is 0 Å². The number of benzene rings is 2. The Labute approximate surface area is 153 Å². The van der Waals surface area contributed by atoms with Crippen molar-refractivity contribution in [3.63, 3.8) is 0 Å². The van der Waals surface area contributed by atoms with Crippen molar-refractivity contribution >= 4 is 5.91 Å². The van der Waals surface area contributed by atoms with Crippen molar-refractivity contribution in [2.24, 2.45) is 7.05 Å². The molecule has 1 fully saturated rings. The average molecular weight is 346 g/mol. The van der Waals surface area contributed by atoms with Gasteiger partial charge in [-0.2, -0.15) is 0 Å². The molecule has 0 N–H and O–H groups in total. The van der Waals surface area contributed by atoms with E-state index in [2.05, 4.69) is 22.3 Å². The van der Waals surface area contributed by atoms with Gasteiger partial charge in [-0.15, -0.1) is 10.2 Å². The molecule has 0 aliphatic carbocycles. The van der Waals surface area contributed by atoms with Crippen LogP contribution >= 0.6 is 0 Å². The van der Waals surface area contributed by atoms with Crippen molar-refractivity contribution in [2.75, 3.05) is 13.1 Å². The summed E-state index contributed by atoms with van der Waals surface area (Å²) in [5.74, 6) is 1.51. The van der Waals surface area contributed by atoms with Gasteiger partial charge in [0, 0.05) is 31.6 Å². The smallest absolute Gasteiger partial charge is 0.253 e. The van der Waals surface area contributed by atoms with Gasteiger partial charge in [-0.3, -0.25) is 4.79 Å². The van der Waals surface area contributed by atoms with Gasteiger partial charge in [-0.25, -0.2) is 0 Å². The van der Waals surface area contributed by atoms with Crippen LogP contribution in [-0.4, -0.2) is 38.7 Å². The number of rotatable bonds is 3. The average Bonchev–Trinajstić information content (AvgIpc) is 3.14. The number of piperidine rings is 1. The maximum absolute atomic E-state index is 12.8. The fourth-order valence-electron chi connectivity index (χ4n) is 3.62. The number of aryl methyl sites for hydroxylation is 1. The molecule has 0 unspecified atom stereocenters. The monoisotopic (exact) mass is 346 g/mol. The van der Waals surface area contributed by atoms with Gasteiger partial charge >= 0.3 is 0 Å². The molecule has 1 aliphatic rings. The van der Waals surface area contributed by atoms with Crippen LogP contribution in [0.2, 0.25) is 0 Å². The van der Waals surface area contributed by atoms with E-state index in [9.17, 15) is 4.79 Å². The highest BCUT2D eigenvalue weighted by Gasteiger charge is 2.26. The Balaban J connectivity index is 1.41. The number of aromatic nitrogens is 3. The molecule has 26 heavy (non-hydrogen) atoms. The normalized spacial score (nSPS) is 15.2.